The summed E-state index contributed by atoms with van der Waals surface area (Å²) in [7, 11) is -9.91. The second-order valence-electron chi connectivity index (χ2n) is 28.7. The molecular formula is C79H154O17P2. The molecule has 0 radical (unpaired) electrons. The SMILES string of the molecule is CCCCCCCCCCCCCCCCCCCC(=O)OC[C@H](COP(=O)(O)OC[C@@H](O)COP(=O)(O)OC[C@@H](COC(=O)CCCCCCCCCCCCC)OC(=O)CCCCCCCCCCCCCC)OC(=O)CCCCCCCCCCCCCCCCC(C)CC. The Bertz CT molecular complexity index is 1880. The normalized spacial score (nSPS) is 14.2. The number of carbonyl (C=O) groups excluding carboxylic acids is 4. The van der Waals surface area contributed by atoms with E-state index < -0.39 is 97.5 Å². The van der Waals surface area contributed by atoms with E-state index in [1.165, 1.54) is 244 Å². The van der Waals surface area contributed by atoms with E-state index in [0.29, 0.717) is 25.7 Å². The average Bonchev–Trinajstić information content (AvgIpc) is 1.23. The summed E-state index contributed by atoms with van der Waals surface area (Å²) in [5.74, 6) is -1.26. The van der Waals surface area contributed by atoms with Gasteiger partial charge in [-0.1, -0.05) is 369 Å². The van der Waals surface area contributed by atoms with Gasteiger partial charge in [-0.15, -0.1) is 0 Å². The topological polar surface area (TPSA) is 237 Å². The summed E-state index contributed by atoms with van der Waals surface area (Å²) in [5.41, 5.74) is 0. The van der Waals surface area contributed by atoms with E-state index in [1.54, 1.807) is 0 Å². The van der Waals surface area contributed by atoms with Crippen LogP contribution in [0.15, 0.2) is 0 Å². The molecule has 0 aromatic rings. The van der Waals surface area contributed by atoms with Crippen molar-refractivity contribution in [2.75, 3.05) is 39.6 Å². The Morgan fingerprint density at radius 3 is 0.724 bits per heavy atom. The largest absolute Gasteiger partial charge is 0.472 e. The molecule has 19 heteroatoms. The highest BCUT2D eigenvalue weighted by atomic mass is 31.2. The number of rotatable bonds is 79. The summed E-state index contributed by atoms with van der Waals surface area (Å²) in [6.45, 7) is 7.37. The van der Waals surface area contributed by atoms with Gasteiger partial charge in [0.2, 0.25) is 0 Å². The van der Waals surface area contributed by atoms with E-state index in [4.69, 9.17) is 37.0 Å². The van der Waals surface area contributed by atoms with Crippen molar-refractivity contribution in [3.63, 3.8) is 0 Å². The summed E-state index contributed by atoms with van der Waals surface area (Å²) in [6.07, 6.45) is 62.2. The summed E-state index contributed by atoms with van der Waals surface area (Å²) in [6, 6.07) is 0. The van der Waals surface area contributed by atoms with Gasteiger partial charge in [0.15, 0.2) is 12.2 Å². The van der Waals surface area contributed by atoms with E-state index in [0.717, 1.165) is 95.8 Å². The number of hydrogen-bond acceptors (Lipinski definition) is 15. The molecule has 0 spiro atoms. The maximum absolute atomic E-state index is 13.1. The molecule has 0 fully saturated rings. The number of unbranched alkanes of at least 4 members (excludes halogenated alkanes) is 50. The third kappa shape index (κ3) is 71.1. The summed E-state index contributed by atoms with van der Waals surface area (Å²) in [5, 5.41) is 10.6. The molecule has 3 unspecified atom stereocenters. The molecule has 3 N–H and O–H groups in total. The quantitative estimate of drug-likeness (QED) is 0.0222. The van der Waals surface area contributed by atoms with Crippen molar-refractivity contribution in [3.8, 4) is 0 Å². The number of phosphoric acid groups is 2. The van der Waals surface area contributed by atoms with Crippen molar-refractivity contribution in [2.45, 2.75) is 438 Å². The standard InChI is InChI=1S/C79H154O17P2/c1-6-10-13-16-19-22-25-27-28-29-30-34-39-43-48-53-58-63-77(82)90-69-75(96-79(84)65-60-55-50-45-40-35-32-31-33-37-41-46-51-56-61-72(5)9-4)71-94-98(87,88)92-67-73(80)66-91-97(85,86)93-70-74(68-89-76(81)62-57-52-47-42-36-24-21-18-15-12-8-3)95-78(83)64-59-54-49-44-38-26-23-20-17-14-11-7-2/h72-75,80H,6-71H2,1-5H3,(H,85,86)(H,87,88)/t72?,73-,74+,75+/m0/s1. The second-order valence-corrected chi connectivity index (χ2v) is 31.6. The number of hydrogen-bond donors (Lipinski definition) is 3. The first-order chi connectivity index (χ1) is 47.6. The first kappa shape index (κ1) is 96.1. The molecule has 0 saturated carbocycles. The van der Waals surface area contributed by atoms with Crippen molar-refractivity contribution in [2.24, 2.45) is 5.92 Å². The number of esters is 4. The van der Waals surface area contributed by atoms with Gasteiger partial charge in [-0.3, -0.25) is 37.3 Å². The predicted octanol–water partition coefficient (Wildman–Crippen LogP) is 23.6. The van der Waals surface area contributed by atoms with Crippen LogP contribution in [0.25, 0.3) is 0 Å². The van der Waals surface area contributed by atoms with E-state index >= 15 is 0 Å². The molecule has 0 amide bonds. The predicted molar refractivity (Wildman–Crippen MR) is 400 cm³/mol. The van der Waals surface area contributed by atoms with E-state index in [-0.39, 0.29) is 25.7 Å². The maximum Gasteiger partial charge on any atom is 0.472 e. The summed E-state index contributed by atoms with van der Waals surface area (Å²) < 4.78 is 68.6. The highest BCUT2D eigenvalue weighted by Crippen LogP contribution is 2.45. The van der Waals surface area contributed by atoms with Crippen molar-refractivity contribution in [1.82, 2.24) is 0 Å². The molecule has 0 aromatic carbocycles. The zero-order chi connectivity index (χ0) is 71.9. The Morgan fingerprint density at radius 1 is 0.286 bits per heavy atom. The van der Waals surface area contributed by atoms with Gasteiger partial charge in [0.25, 0.3) is 0 Å². The molecule has 0 aromatic heterocycles. The Balaban J connectivity index is 5.24. The Hall–Kier alpha value is -1.94. The molecule has 0 aliphatic heterocycles. The zero-order valence-electron chi connectivity index (χ0n) is 63.9. The molecule has 0 heterocycles. The van der Waals surface area contributed by atoms with Crippen LogP contribution in [-0.2, 0) is 65.4 Å². The molecule has 17 nitrogen and oxygen atoms in total. The third-order valence-corrected chi connectivity index (χ3v) is 20.8. The van der Waals surface area contributed by atoms with E-state index in [9.17, 15) is 43.2 Å². The molecular weight excluding hydrogens is 1280 g/mol. The van der Waals surface area contributed by atoms with Crippen LogP contribution in [0.2, 0.25) is 0 Å². The minimum Gasteiger partial charge on any atom is -0.462 e. The fourth-order valence-corrected chi connectivity index (χ4v) is 13.8. The van der Waals surface area contributed by atoms with Gasteiger partial charge in [0.05, 0.1) is 26.4 Å². The number of phosphoric ester groups is 2. The minimum atomic E-state index is -4.96. The lowest BCUT2D eigenvalue weighted by molar-refractivity contribution is -0.161. The molecule has 98 heavy (non-hydrogen) atoms. The number of carbonyl (C=O) groups is 4. The van der Waals surface area contributed by atoms with Gasteiger partial charge in [-0.2, -0.15) is 0 Å². The number of aliphatic hydroxyl groups excluding tert-OH is 1. The monoisotopic (exact) mass is 1440 g/mol. The fourth-order valence-electron chi connectivity index (χ4n) is 12.2. The maximum atomic E-state index is 13.1. The van der Waals surface area contributed by atoms with Crippen molar-refractivity contribution < 1.29 is 80.2 Å². The van der Waals surface area contributed by atoms with Crippen LogP contribution in [0, 0.1) is 5.92 Å². The molecule has 6 atom stereocenters. The molecule has 0 aliphatic carbocycles. The third-order valence-electron chi connectivity index (χ3n) is 18.9. The molecule has 0 rings (SSSR count). The van der Waals surface area contributed by atoms with Crippen molar-refractivity contribution >= 4 is 39.5 Å². The minimum absolute atomic E-state index is 0.108. The fraction of sp³-hybridized carbons (Fsp3) is 0.949. The summed E-state index contributed by atoms with van der Waals surface area (Å²) in [4.78, 5) is 72.9. The van der Waals surface area contributed by atoms with Crippen molar-refractivity contribution in [1.29, 1.82) is 0 Å². The highest BCUT2D eigenvalue weighted by molar-refractivity contribution is 7.47. The van der Waals surface area contributed by atoms with E-state index in [1.807, 2.05) is 0 Å². The first-order valence-electron chi connectivity index (χ1n) is 41.2. The molecule has 0 bridgehead atoms. The second kappa shape index (κ2) is 72.0. The van der Waals surface area contributed by atoms with Crippen LogP contribution >= 0.6 is 15.6 Å². The number of aliphatic hydroxyl groups is 1. The van der Waals surface area contributed by atoms with Crippen LogP contribution in [-0.4, -0.2) is 96.7 Å². The van der Waals surface area contributed by atoms with Crippen LogP contribution < -0.4 is 0 Å². The lowest BCUT2D eigenvalue weighted by Gasteiger charge is -2.21. The average molecular weight is 1440 g/mol. The Labute approximate surface area is 600 Å². The van der Waals surface area contributed by atoms with Crippen LogP contribution in [0.4, 0.5) is 0 Å². The van der Waals surface area contributed by atoms with Crippen LogP contribution in [0.1, 0.15) is 420 Å². The van der Waals surface area contributed by atoms with Gasteiger partial charge >= 0.3 is 39.5 Å². The van der Waals surface area contributed by atoms with Gasteiger partial charge in [-0.05, 0) is 31.6 Å². The molecule has 0 aliphatic rings. The highest BCUT2D eigenvalue weighted by Gasteiger charge is 2.30. The van der Waals surface area contributed by atoms with Gasteiger partial charge in [0, 0.05) is 25.7 Å². The first-order valence-corrected chi connectivity index (χ1v) is 44.2. The van der Waals surface area contributed by atoms with Crippen LogP contribution in [0.5, 0.6) is 0 Å². The smallest absolute Gasteiger partial charge is 0.462 e. The van der Waals surface area contributed by atoms with Gasteiger partial charge in [-0.25, -0.2) is 9.13 Å². The van der Waals surface area contributed by atoms with Crippen LogP contribution in [0.3, 0.4) is 0 Å². The molecule has 582 valence electrons. The Morgan fingerprint density at radius 2 is 0.490 bits per heavy atom. The van der Waals surface area contributed by atoms with Gasteiger partial charge < -0.3 is 33.8 Å². The Kier molecular flexibility index (Phi) is 70.6. The molecule has 0 saturated heterocycles. The summed E-state index contributed by atoms with van der Waals surface area (Å²) >= 11 is 0. The lowest BCUT2D eigenvalue weighted by atomic mass is 9.99. The van der Waals surface area contributed by atoms with Gasteiger partial charge in [0.1, 0.15) is 19.3 Å². The zero-order valence-corrected chi connectivity index (χ0v) is 65.7. The van der Waals surface area contributed by atoms with E-state index in [2.05, 4.69) is 34.6 Å². The van der Waals surface area contributed by atoms with Crippen molar-refractivity contribution in [3.05, 3.63) is 0 Å². The lowest BCUT2D eigenvalue weighted by Crippen LogP contribution is -2.30. The number of ether oxygens (including phenoxy) is 4.